The van der Waals surface area contributed by atoms with Gasteiger partial charge in [0.05, 0.1) is 12.6 Å². The number of rotatable bonds is 1. The molecule has 2 nitrogen and oxygen atoms in total. The van der Waals surface area contributed by atoms with Gasteiger partial charge in [-0.15, -0.1) is 0 Å². The van der Waals surface area contributed by atoms with Crippen molar-refractivity contribution >= 4 is 11.6 Å². The zero-order valence-corrected chi connectivity index (χ0v) is 7.33. The second kappa shape index (κ2) is 3.23. The van der Waals surface area contributed by atoms with Crippen molar-refractivity contribution in [3.05, 3.63) is 34.9 Å². The van der Waals surface area contributed by atoms with E-state index in [1.54, 1.807) is 0 Å². The zero-order chi connectivity index (χ0) is 8.39. The molecule has 0 N–H and O–H groups in total. The van der Waals surface area contributed by atoms with Crippen molar-refractivity contribution < 1.29 is 0 Å². The normalized spacial score (nSPS) is 21.6. The summed E-state index contributed by atoms with van der Waals surface area (Å²) in [6, 6.07) is 8.08. The van der Waals surface area contributed by atoms with Gasteiger partial charge in [-0.2, -0.15) is 10.2 Å². The van der Waals surface area contributed by atoms with Gasteiger partial charge in [-0.3, -0.25) is 0 Å². The van der Waals surface area contributed by atoms with E-state index in [0.29, 0.717) is 0 Å². The highest BCUT2D eigenvalue weighted by Gasteiger charge is 2.13. The van der Waals surface area contributed by atoms with E-state index in [9.17, 15) is 0 Å². The predicted octanol–water partition coefficient (Wildman–Crippen LogP) is 3.24. The Kier molecular flexibility index (Phi) is 2.09. The van der Waals surface area contributed by atoms with Crippen LogP contribution in [0, 0.1) is 0 Å². The third kappa shape index (κ3) is 1.48. The van der Waals surface area contributed by atoms with Gasteiger partial charge in [0.1, 0.15) is 0 Å². The van der Waals surface area contributed by atoms with Gasteiger partial charge in [0.2, 0.25) is 0 Å². The van der Waals surface area contributed by atoms with E-state index in [1.807, 2.05) is 24.3 Å². The average Bonchev–Trinajstić information content (AvgIpc) is 2.58. The Morgan fingerprint density at radius 3 is 2.58 bits per heavy atom. The second-order valence-electron chi connectivity index (χ2n) is 2.84. The lowest BCUT2D eigenvalue weighted by molar-refractivity contribution is 0.742. The van der Waals surface area contributed by atoms with Crippen LogP contribution in [0.5, 0.6) is 0 Å². The highest BCUT2D eigenvalue weighted by molar-refractivity contribution is 6.30. The fourth-order valence-electron chi connectivity index (χ4n) is 1.31. The Bertz CT molecular complexity index is 292. The molecule has 0 saturated heterocycles. The maximum Gasteiger partial charge on any atom is 0.0975 e. The summed E-state index contributed by atoms with van der Waals surface area (Å²) in [6.07, 6.45) is 1.03. The molecule has 3 heteroatoms. The Balaban J connectivity index is 2.23. The molecule has 1 aliphatic heterocycles. The van der Waals surface area contributed by atoms with Crippen LogP contribution in [-0.4, -0.2) is 6.54 Å². The van der Waals surface area contributed by atoms with E-state index in [1.165, 1.54) is 5.56 Å². The summed E-state index contributed by atoms with van der Waals surface area (Å²) in [6.45, 7) is 0.854. The van der Waals surface area contributed by atoms with Gasteiger partial charge in [0, 0.05) is 5.02 Å². The van der Waals surface area contributed by atoms with Crippen LogP contribution in [0.25, 0.3) is 0 Å². The van der Waals surface area contributed by atoms with Gasteiger partial charge in [0.15, 0.2) is 0 Å². The molecule has 1 aliphatic rings. The maximum absolute atomic E-state index is 5.76. The topological polar surface area (TPSA) is 24.7 Å². The van der Waals surface area contributed by atoms with Crippen LogP contribution in [0.1, 0.15) is 18.0 Å². The number of azo groups is 1. The SMILES string of the molecule is Clc1ccc(C2CCN=N2)cc1. The molecule has 62 valence electrons. The van der Waals surface area contributed by atoms with Crippen molar-refractivity contribution in [2.45, 2.75) is 12.5 Å². The molecule has 0 bridgehead atoms. The molecule has 1 atom stereocenters. The monoisotopic (exact) mass is 180 g/mol. The van der Waals surface area contributed by atoms with Crippen molar-refractivity contribution in [2.75, 3.05) is 6.54 Å². The fourth-order valence-corrected chi connectivity index (χ4v) is 1.44. The minimum atomic E-state index is 0.266. The van der Waals surface area contributed by atoms with Crippen LogP contribution in [0.3, 0.4) is 0 Å². The quantitative estimate of drug-likeness (QED) is 0.634. The molecule has 0 fully saturated rings. The molecule has 0 saturated carbocycles. The standard InChI is InChI=1S/C9H9ClN2/c10-8-3-1-7(2-4-8)9-5-6-11-12-9/h1-4,9H,5-6H2. The van der Waals surface area contributed by atoms with Gasteiger partial charge in [-0.1, -0.05) is 23.7 Å². The molecule has 1 unspecified atom stereocenters. The van der Waals surface area contributed by atoms with E-state index in [0.717, 1.165) is 18.0 Å². The molecule has 1 aromatic carbocycles. The number of halogens is 1. The lowest BCUT2D eigenvalue weighted by atomic mass is 10.1. The first kappa shape index (κ1) is 7.74. The van der Waals surface area contributed by atoms with E-state index >= 15 is 0 Å². The molecule has 1 heterocycles. The Morgan fingerprint density at radius 2 is 2.00 bits per heavy atom. The van der Waals surface area contributed by atoms with Crippen LogP contribution >= 0.6 is 11.6 Å². The molecule has 0 spiro atoms. The van der Waals surface area contributed by atoms with Gasteiger partial charge in [-0.05, 0) is 24.1 Å². The first-order chi connectivity index (χ1) is 5.86. The predicted molar refractivity (Wildman–Crippen MR) is 48.5 cm³/mol. The molecule has 0 amide bonds. The first-order valence-electron chi connectivity index (χ1n) is 3.98. The van der Waals surface area contributed by atoms with E-state index < -0.39 is 0 Å². The summed E-state index contributed by atoms with van der Waals surface area (Å²) < 4.78 is 0. The summed E-state index contributed by atoms with van der Waals surface area (Å²) in [5, 5.41) is 8.85. The van der Waals surface area contributed by atoms with Gasteiger partial charge >= 0.3 is 0 Å². The summed E-state index contributed by atoms with van der Waals surface area (Å²) in [5.41, 5.74) is 1.21. The van der Waals surface area contributed by atoms with Gasteiger partial charge < -0.3 is 0 Å². The fraction of sp³-hybridized carbons (Fsp3) is 0.333. The lowest BCUT2D eigenvalue weighted by Gasteiger charge is -2.03. The van der Waals surface area contributed by atoms with Crippen LogP contribution in [0.4, 0.5) is 0 Å². The van der Waals surface area contributed by atoms with Crippen molar-refractivity contribution in [1.82, 2.24) is 0 Å². The smallest absolute Gasteiger partial charge is 0.0975 e. The van der Waals surface area contributed by atoms with Crippen LogP contribution in [0.15, 0.2) is 34.5 Å². The minimum Gasteiger partial charge on any atom is -0.193 e. The van der Waals surface area contributed by atoms with Crippen LogP contribution < -0.4 is 0 Å². The van der Waals surface area contributed by atoms with E-state index in [-0.39, 0.29) is 6.04 Å². The Hall–Kier alpha value is -0.890. The third-order valence-electron chi connectivity index (χ3n) is 1.98. The third-order valence-corrected chi connectivity index (χ3v) is 2.23. The molecule has 2 rings (SSSR count). The van der Waals surface area contributed by atoms with E-state index in [4.69, 9.17) is 11.6 Å². The molecule has 0 aliphatic carbocycles. The van der Waals surface area contributed by atoms with Crippen molar-refractivity contribution in [3.63, 3.8) is 0 Å². The molecular formula is C9H9ClN2. The number of hydrogen-bond acceptors (Lipinski definition) is 2. The molecular weight excluding hydrogens is 172 g/mol. The number of nitrogens with zero attached hydrogens (tertiary/aromatic N) is 2. The van der Waals surface area contributed by atoms with Crippen molar-refractivity contribution in [1.29, 1.82) is 0 Å². The van der Waals surface area contributed by atoms with Gasteiger partial charge in [0.25, 0.3) is 0 Å². The number of benzene rings is 1. The van der Waals surface area contributed by atoms with Crippen LogP contribution in [0.2, 0.25) is 5.02 Å². The Morgan fingerprint density at radius 1 is 1.25 bits per heavy atom. The second-order valence-corrected chi connectivity index (χ2v) is 3.27. The van der Waals surface area contributed by atoms with E-state index in [2.05, 4.69) is 10.2 Å². The summed E-state index contributed by atoms with van der Waals surface area (Å²) >= 11 is 5.76. The largest absolute Gasteiger partial charge is 0.193 e. The number of hydrogen-bond donors (Lipinski definition) is 0. The molecule has 1 aromatic rings. The highest BCUT2D eigenvalue weighted by atomic mass is 35.5. The summed E-state index contributed by atoms with van der Waals surface area (Å²) in [7, 11) is 0. The summed E-state index contributed by atoms with van der Waals surface area (Å²) in [4.78, 5) is 0. The van der Waals surface area contributed by atoms with Gasteiger partial charge in [-0.25, -0.2) is 0 Å². The first-order valence-corrected chi connectivity index (χ1v) is 4.36. The Labute approximate surface area is 76.3 Å². The molecule has 12 heavy (non-hydrogen) atoms. The molecule has 0 aromatic heterocycles. The lowest BCUT2D eigenvalue weighted by Crippen LogP contribution is -1.90. The highest BCUT2D eigenvalue weighted by Crippen LogP contribution is 2.26. The summed E-state index contributed by atoms with van der Waals surface area (Å²) in [5.74, 6) is 0. The van der Waals surface area contributed by atoms with Crippen molar-refractivity contribution in [2.24, 2.45) is 10.2 Å². The van der Waals surface area contributed by atoms with Crippen LogP contribution in [-0.2, 0) is 0 Å². The minimum absolute atomic E-state index is 0.266. The zero-order valence-electron chi connectivity index (χ0n) is 6.57. The average molecular weight is 181 g/mol. The maximum atomic E-state index is 5.76. The molecule has 0 radical (unpaired) electrons. The van der Waals surface area contributed by atoms with Crippen molar-refractivity contribution in [3.8, 4) is 0 Å².